The molecule has 0 radical (unpaired) electrons. The average Bonchev–Trinajstić information content (AvgIpc) is 2.36. The topological polar surface area (TPSA) is 60.9 Å². The highest BCUT2D eigenvalue weighted by molar-refractivity contribution is 5.74. The first-order valence-corrected chi connectivity index (χ1v) is 5.65. The number of alkyl halides is 3. The van der Waals surface area contributed by atoms with Crippen molar-refractivity contribution in [1.29, 1.82) is 0 Å². The molecule has 1 aromatic heterocycles. The van der Waals surface area contributed by atoms with Crippen molar-refractivity contribution in [3.63, 3.8) is 0 Å². The Hall–Kier alpha value is -1.89. The van der Waals surface area contributed by atoms with Crippen LogP contribution in [0.15, 0.2) is 35.3 Å². The number of aromatic nitrogens is 2. The summed E-state index contributed by atoms with van der Waals surface area (Å²) in [5, 5.41) is 0. The van der Waals surface area contributed by atoms with E-state index in [9.17, 15) is 18.0 Å². The fourth-order valence-electron chi connectivity index (χ4n) is 1.84. The number of hydrogen-bond donors (Lipinski definition) is 1. The van der Waals surface area contributed by atoms with Gasteiger partial charge in [-0.25, -0.2) is 4.98 Å². The zero-order chi connectivity index (χ0) is 14.0. The third-order valence-electron chi connectivity index (χ3n) is 2.90. The second kappa shape index (κ2) is 5.00. The van der Waals surface area contributed by atoms with E-state index < -0.39 is 30.7 Å². The van der Waals surface area contributed by atoms with Gasteiger partial charge in [0.15, 0.2) is 0 Å². The second-order valence-electron chi connectivity index (χ2n) is 4.17. The molecule has 1 aromatic carbocycles. The Balaban J connectivity index is 2.50. The summed E-state index contributed by atoms with van der Waals surface area (Å²) < 4.78 is 39.2. The van der Waals surface area contributed by atoms with Gasteiger partial charge in [0, 0.05) is 13.1 Å². The summed E-state index contributed by atoms with van der Waals surface area (Å²) in [6.07, 6.45) is -3.41. The van der Waals surface area contributed by atoms with Gasteiger partial charge >= 0.3 is 6.18 Å². The van der Waals surface area contributed by atoms with Crippen molar-refractivity contribution in [3.05, 3.63) is 40.8 Å². The summed E-state index contributed by atoms with van der Waals surface area (Å²) in [6.45, 7) is -1.06. The summed E-state index contributed by atoms with van der Waals surface area (Å²) >= 11 is 0. The van der Waals surface area contributed by atoms with Crippen LogP contribution in [-0.2, 0) is 6.54 Å². The van der Waals surface area contributed by atoms with Crippen LogP contribution in [0.3, 0.4) is 0 Å². The molecule has 19 heavy (non-hydrogen) atoms. The first-order valence-electron chi connectivity index (χ1n) is 5.65. The first-order chi connectivity index (χ1) is 8.93. The lowest BCUT2D eigenvalue weighted by molar-refractivity contribution is -0.175. The fourth-order valence-corrected chi connectivity index (χ4v) is 1.84. The van der Waals surface area contributed by atoms with Crippen LogP contribution >= 0.6 is 0 Å². The zero-order valence-electron chi connectivity index (χ0n) is 9.89. The Kier molecular flexibility index (Phi) is 3.57. The molecule has 4 nitrogen and oxygen atoms in total. The van der Waals surface area contributed by atoms with Crippen LogP contribution < -0.4 is 11.3 Å². The Labute approximate surface area is 106 Å². The number of halogens is 3. The number of fused-ring (bicyclic) bond motifs is 1. The SMILES string of the molecule is NCC(Cn1c(=O)cnc2ccccc21)C(F)(F)F. The van der Waals surface area contributed by atoms with Crippen LogP contribution in [0.5, 0.6) is 0 Å². The number of para-hydroxylation sites is 2. The predicted molar refractivity (Wildman–Crippen MR) is 64.6 cm³/mol. The number of hydrogen-bond acceptors (Lipinski definition) is 3. The molecule has 1 unspecified atom stereocenters. The van der Waals surface area contributed by atoms with Crippen LogP contribution in [-0.4, -0.2) is 22.3 Å². The van der Waals surface area contributed by atoms with Gasteiger partial charge in [-0.15, -0.1) is 0 Å². The first kappa shape index (κ1) is 13.5. The van der Waals surface area contributed by atoms with Crippen molar-refractivity contribution in [2.24, 2.45) is 11.7 Å². The molecule has 2 aromatic rings. The van der Waals surface area contributed by atoms with E-state index in [0.29, 0.717) is 11.0 Å². The fraction of sp³-hybridized carbons (Fsp3) is 0.333. The molecule has 0 bridgehead atoms. The van der Waals surface area contributed by atoms with E-state index in [1.54, 1.807) is 24.3 Å². The van der Waals surface area contributed by atoms with Gasteiger partial charge < -0.3 is 10.3 Å². The van der Waals surface area contributed by atoms with Gasteiger partial charge in [0.05, 0.1) is 23.1 Å². The van der Waals surface area contributed by atoms with Gasteiger partial charge in [-0.2, -0.15) is 13.2 Å². The molecule has 2 rings (SSSR count). The summed E-state index contributed by atoms with van der Waals surface area (Å²) in [5.74, 6) is -1.75. The third-order valence-corrected chi connectivity index (χ3v) is 2.90. The second-order valence-corrected chi connectivity index (χ2v) is 4.17. The number of nitrogens with zero attached hydrogens (tertiary/aromatic N) is 2. The molecule has 0 saturated heterocycles. The van der Waals surface area contributed by atoms with Crippen molar-refractivity contribution < 1.29 is 13.2 Å². The minimum atomic E-state index is -4.43. The van der Waals surface area contributed by atoms with Gasteiger partial charge in [-0.05, 0) is 12.1 Å². The monoisotopic (exact) mass is 271 g/mol. The summed E-state index contributed by atoms with van der Waals surface area (Å²) in [6, 6.07) is 6.54. The standard InChI is InChI=1S/C12H12F3N3O/c13-12(14,15)8(5-16)7-18-10-4-2-1-3-9(10)17-6-11(18)19/h1-4,6,8H,5,7,16H2. The lowest BCUT2D eigenvalue weighted by Gasteiger charge is -2.20. The van der Waals surface area contributed by atoms with Crippen LogP contribution in [0.1, 0.15) is 0 Å². The maximum atomic E-state index is 12.7. The molecule has 0 spiro atoms. The molecular weight excluding hydrogens is 259 g/mol. The minimum absolute atomic E-state index is 0.373. The van der Waals surface area contributed by atoms with E-state index in [2.05, 4.69) is 4.98 Å². The van der Waals surface area contributed by atoms with E-state index in [1.807, 2.05) is 0 Å². The zero-order valence-corrected chi connectivity index (χ0v) is 9.89. The summed E-state index contributed by atoms with van der Waals surface area (Å²) in [5.41, 5.74) is 5.43. The quantitative estimate of drug-likeness (QED) is 0.921. The van der Waals surface area contributed by atoms with Crippen molar-refractivity contribution in [3.8, 4) is 0 Å². The smallest absolute Gasteiger partial charge is 0.330 e. The molecule has 0 aliphatic carbocycles. The molecule has 0 aliphatic rings. The maximum Gasteiger partial charge on any atom is 0.394 e. The average molecular weight is 271 g/mol. The molecule has 2 N–H and O–H groups in total. The predicted octanol–water partition coefficient (Wildman–Crippen LogP) is 1.53. The van der Waals surface area contributed by atoms with E-state index in [0.717, 1.165) is 10.8 Å². The third kappa shape index (κ3) is 2.76. The molecule has 0 aliphatic heterocycles. The van der Waals surface area contributed by atoms with Crippen molar-refractivity contribution in [2.45, 2.75) is 12.7 Å². The normalized spacial score (nSPS) is 13.7. The van der Waals surface area contributed by atoms with Crippen LogP contribution in [0, 0.1) is 5.92 Å². The van der Waals surface area contributed by atoms with Gasteiger partial charge in [-0.3, -0.25) is 4.79 Å². The van der Waals surface area contributed by atoms with Crippen LogP contribution in [0.25, 0.3) is 11.0 Å². The van der Waals surface area contributed by atoms with Crippen molar-refractivity contribution >= 4 is 11.0 Å². The molecule has 0 amide bonds. The van der Waals surface area contributed by atoms with Crippen molar-refractivity contribution in [1.82, 2.24) is 9.55 Å². The minimum Gasteiger partial charge on any atom is -0.330 e. The van der Waals surface area contributed by atoms with Gasteiger partial charge in [-0.1, -0.05) is 12.1 Å². The molecular formula is C12H12F3N3O. The van der Waals surface area contributed by atoms with Crippen LogP contribution in [0.2, 0.25) is 0 Å². The highest BCUT2D eigenvalue weighted by atomic mass is 19.4. The Morgan fingerprint density at radius 1 is 1.32 bits per heavy atom. The van der Waals surface area contributed by atoms with E-state index in [-0.39, 0.29) is 0 Å². The molecule has 1 atom stereocenters. The van der Waals surface area contributed by atoms with Gasteiger partial charge in [0.2, 0.25) is 0 Å². The molecule has 102 valence electrons. The van der Waals surface area contributed by atoms with E-state index >= 15 is 0 Å². The van der Waals surface area contributed by atoms with Crippen molar-refractivity contribution in [2.75, 3.05) is 6.54 Å². The van der Waals surface area contributed by atoms with E-state index in [1.165, 1.54) is 0 Å². The Morgan fingerprint density at radius 3 is 2.63 bits per heavy atom. The molecule has 7 heteroatoms. The number of rotatable bonds is 3. The maximum absolute atomic E-state index is 12.7. The Morgan fingerprint density at radius 2 is 2.00 bits per heavy atom. The van der Waals surface area contributed by atoms with Crippen LogP contribution in [0.4, 0.5) is 13.2 Å². The number of nitrogens with two attached hydrogens (primary N) is 1. The van der Waals surface area contributed by atoms with Gasteiger partial charge in [0.1, 0.15) is 0 Å². The highest BCUT2D eigenvalue weighted by Gasteiger charge is 2.39. The molecule has 0 saturated carbocycles. The molecule has 0 fully saturated rings. The molecule has 1 heterocycles. The Bertz CT molecular complexity index is 636. The lowest BCUT2D eigenvalue weighted by atomic mass is 10.1. The van der Waals surface area contributed by atoms with E-state index in [4.69, 9.17) is 5.73 Å². The number of benzene rings is 1. The summed E-state index contributed by atoms with van der Waals surface area (Å²) in [7, 11) is 0. The van der Waals surface area contributed by atoms with Gasteiger partial charge in [0.25, 0.3) is 5.56 Å². The lowest BCUT2D eigenvalue weighted by Crippen LogP contribution is -2.36. The largest absolute Gasteiger partial charge is 0.394 e. The highest BCUT2D eigenvalue weighted by Crippen LogP contribution is 2.27. The summed E-state index contributed by atoms with van der Waals surface area (Å²) in [4.78, 5) is 15.6.